The van der Waals surface area contributed by atoms with Gasteiger partial charge in [0.1, 0.15) is 0 Å². The minimum atomic E-state index is 0.422. The van der Waals surface area contributed by atoms with Crippen LogP contribution in [0.4, 0.5) is 0 Å². The van der Waals surface area contributed by atoms with Crippen molar-refractivity contribution in [2.24, 2.45) is 0 Å². The summed E-state index contributed by atoms with van der Waals surface area (Å²) in [5.41, 5.74) is 2.95. The fourth-order valence-corrected chi connectivity index (χ4v) is 2.63. The van der Waals surface area contributed by atoms with Crippen molar-refractivity contribution >= 4 is 15.9 Å². The predicted molar refractivity (Wildman–Crippen MR) is 77.1 cm³/mol. The van der Waals surface area contributed by atoms with E-state index in [-0.39, 0.29) is 0 Å². The molecule has 0 saturated heterocycles. The lowest BCUT2D eigenvalue weighted by molar-refractivity contribution is 0.578. The Morgan fingerprint density at radius 3 is 2.65 bits per heavy atom. The molecule has 0 aliphatic heterocycles. The molecule has 2 rings (SSSR count). The third-order valence-corrected chi connectivity index (χ3v) is 3.78. The zero-order valence-electron chi connectivity index (χ0n) is 10.4. The molecular weight excluding hydrogens is 274 g/mol. The molecule has 1 aromatic carbocycles. The summed E-state index contributed by atoms with van der Waals surface area (Å²) in [6.45, 7) is 3.30. The molecule has 1 unspecified atom stereocenters. The first-order chi connectivity index (χ1) is 8.31. The molecule has 0 heterocycles. The predicted octanol–water partition coefficient (Wildman–Crippen LogP) is 4.60. The van der Waals surface area contributed by atoms with Gasteiger partial charge < -0.3 is 5.32 Å². The van der Waals surface area contributed by atoms with E-state index in [4.69, 9.17) is 0 Å². The monoisotopic (exact) mass is 293 g/mol. The van der Waals surface area contributed by atoms with Crippen molar-refractivity contribution < 1.29 is 0 Å². The highest BCUT2D eigenvalue weighted by Crippen LogP contribution is 2.31. The highest BCUT2D eigenvalue weighted by atomic mass is 79.9. The smallest absolute Gasteiger partial charge is 0.0536 e. The maximum atomic E-state index is 3.66. The second kappa shape index (κ2) is 6.36. The van der Waals surface area contributed by atoms with Gasteiger partial charge in [0.05, 0.1) is 6.04 Å². The Morgan fingerprint density at radius 2 is 2.06 bits per heavy atom. The molecule has 1 aliphatic rings. The highest BCUT2D eigenvalue weighted by molar-refractivity contribution is 9.10. The lowest BCUT2D eigenvalue weighted by Crippen LogP contribution is -2.23. The maximum Gasteiger partial charge on any atom is 0.0536 e. The van der Waals surface area contributed by atoms with E-state index in [1.54, 1.807) is 5.57 Å². The van der Waals surface area contributed by atoms with Gasteiger partial charge in [-0.3, -0.25) is 0 Å². The van der Waals surface area contributed by atoms with Gasteiger partial charge in [-0.05, 0) is 49.9 Å². The summed E-state index contributed by atoms with van der Waals surface area (Å²) in [7, 11) is 0. The van der Waals surface area contributed by atoms with Crippen LogP contribution in [-0.2, 0) is 0 Å². The van der Waals surface area contributed by atoms with Gasteiger partial charge in [-0.2, -0.15) is 0 Å². The summed E-state index contributed by atoms with van der Waals surface area (Å²) in [5.74, 6) is 0. The summed E-state index contributed by atoms with van der Waals surface area (Å²) in [6, 6.07) is 9.12. The van der Waals surface area contributed by atoms with E-state index in [2.05, 4.69) is 58.5 Å². The molecule has 0 aromatic heterocycles. The van der Waals surface area contributed by atoms with E-state index < -0.39 is 0 Å². The van der Waals surface area contributed by atoms with Crippen LogP contribution < -0.4 is 5.32 Å². The second-order valence-electron chi connectivity index (χ2n) is 4.61. The summed E-state index contributed by atoms with van der Waals surface area (Å²) in [5, 5.41) is 3.66. The standard InChI is InChI=1S/C15H20BrN/c1-2-11-17-15(12-5-3-4-6-12)13-7-9-14(16)10-8-13/h5,7-10,15,17H,2-4,6,11H2,1H3. The van der Waals surface area contributed by atoms with Crippen LogP contribution in [-0.4, -0.2) is 6.54 Å². The van der Waals surface area contributed by atoms with Gasteiger partial charge in [-0.1, -0.05) is 46.6 Å². The molecule has 0 fully saturated rings. The minimum absolute atomic E-state index is 0.422. The normalized spacial score (nSPS) is 16.9. The van der Waals surface area contributed by atoms with Crippen LogP contribution in [0.25, 0.3) is 0 Å². The largest absolute Gasteiger partial charge is 0.307 e. The van der Waals surface area contributed by atoms with Crippen molar-refractivity contribution in [3.8, 4) is 0 Å². The summed E-state index contributed by atoms with van der Waals surface area (Å²) in [6.07, 6.45) is 7.40. The highest BCUT2D eigenvalue weighted by Gasteiger charge is 2.17. The topological polar surface area (TPSA) is 12.0 Å². The van der Waals surface area contributed by atoms with E-state index in [9.17, 15) is 0 Å². The Morgan fingerprint density at radius 1 is 1.29 bits per heavy atom. The number of rotatable bonds is 5. The molecule has 0 spiro atoms. The van der Waals surface area contributed by atoms with Gasteiger partial charge in [0, 0.05) is 4.47 Å². The first-order valence-electron chi connectivity index (χ1n) is 6.49. The average Bonchev–Trinajstić information content (AvgIpc) is 2.85. The van der Waals surface area contributed by atoms with Gasteiger partial charge in [-0.15, -0.1) is 0 Å². The van der Waals surface area contributed by atoms with Crippen LogP contribution in [0.5, 0.6) is 0 Å². The quantitative estimate of drug-likeness (QED) is 0.783. The van der Waals surface area contributed by atoms with E-state index in [1.807, 2.05) is 0 Å². The van der Waals surface area contributed by atoms with Crippen molar-refractivity contribution in [2.45, 2.75) is 38.6 Å². The van der Waals surface area contributed by atoms with Crippen LogP contribution in [0.15, 0.2) is 40.4 Å². The van der Waals surface area contributed by atoms with Crippen molar-refractivity contribution in [1.29, 1.82) is 0 Å². The SMILES string of the molecule is CCCNC(C1=CCCC1)c1ccc(Br)cc1. The number of nitrogens with one attached hydrogen (secondary N) is 1. The lowest BCUT2D eigenvalue weighted by Gasteiger charge is -2.20. The van der Waals surface area contributed by atoms with Crippen LogP contribution in [0, 0.1) is 0 Å². The molecule has 1 aromatic rings. The van der Waals surface area contributed by atoms with Crippen LogP contribution in [0.1, 0.15) is 44.2 Å². The molecule has 2 heteroatoms. The van der Waals surface area contributed by atoms with E-state index >= 15 is 0 Å². The molecule has 0 bridgehead atoms. The number of hydrogen-bond acceptors (Lipinski definition) is 1. The summed E-state index contributed by atoms with van der Waals surface area (Å²) < 4.78 is 1.15. The third-order valence-electron chi connectivity index (χ3n) is 3.25. The van der Waals surface area contributed by atoms with Crippen molar-refractivity contribution in [1.82, 2.24) is 5.32 Å². The Bertz CT molecular complexity index is 380. The van der Waals surface area contributed by atoms with Crippen LogP contribution in [0.3, 0.4) is 0 Å². The Hall–Kier alpha value is -0.600. The zero-order chi connectivity index (χ0) is 12.1. The Balaban J connectivity index is 2.16. The van der Waals surface area contributed by atoms with E-state index in [0.29, 0.717) is 6.04 Å². The first kappa shape index (κ1) is 12.8. The summed E-state index contributed by atoms with van der Waals surface area (Å²) in [4.78, 5) is 0. The minimum Gasteiger partial charge on any atom is -0.307 e. The molecule has 1 atom stereocenters. The van der Waals surface area contributed by atoms with Gasteiger partial charge >= 0.3 is 0 Å². The first-order valence-corrected chi connectivity index (χ1v) is 7.28. The molecule has 1 aliphatic carbocycles. The van der Waals surface area contributed by atoms with Crippen molar-refractivity contribution in [3.63, 3.8) is 0 Å². The summed E-state index contributed by atoms with van der Waals surface area (Å²) >= 11 is 3.50. The molecule has 1 N–H and O–H groups in total. The average molecular weight is 294 g/mol. The van der Waals surface area contributed by atoms with Gasteiger partial charge in [0.2, 0.25) is 0 Å². The van der Waals surface area contributed by atoms with Gasteiger partial charge in [-0.25, -0.2) is 0 Å². The Kier molecular flexibility index (Phi) is 4.81. The van der Waals surface area contributed by atoms with Gasteiger partial charge in [0.15, 0.2) is 0 Å². The molecule has 1 nitrogen and oxygen atoms in total. The fraction of sp³-hybridized carbons (Fsp3) is 0.467. The number of benzene rings is 1. The zero-order valence-corrected chi connectivity index (χ0v) is 12.0. The van der Waals surface area contributed by atoms with E-state index in [1.165, 1.54) is 31.2 Å². The van der Waals surface area contributed by atoms with Crippen LogP contribution >= 0.6 is 15.9 Å². The van der Waals surface area contributed by atoms with Crippen molar-refractivity contribution in [3.05, 3.63) is 46.0 Å². The van der Waals surface area contributed by atoms with Crippen molar-refractivity contribution in [2.75, 3.05) is 6.54 Å². The number of allylic oxidation sites excluding steroid dienone is 1. The lowest BCUT2D eigenvalue weighted by atomic mass is 9.98. The number of halogens is 1. The van der Waals surface area contributed by atoms with Crippen LogP contribution in [0.2, 0.25) is 0 Å². The molecule has 0 radical (unpaired) electrons. The molecular formula is C15H20BrN. The van der Waals surface area contributed by atoms with E-state index in [0.717, 1.165) is 11.0 Å². The number of hydrogen-bond donors (Lipinski definition) is 1. The Labute approximate surface area is 112 Å². The molecule has 0 saturated carbocycles. The fourth-order valence-electron chi connectivity index (χ4n) is 2.36. The van der Waals surface area contributed by atoms with Gasteiger partial charge in [0.25, 0.3) is 0 Å². The third kappa shape index (κ3) is 3.43. The molecule has 17 heavy (non-hydrogen) atoms. The second-order valence-corrected chi connectivity index (χ2v) is 5.53. The molecule has 92 valence electrons. The maximum absolute atomic E-state index is 3.66. The molecule has 0 amide bonds.